The van der Waals surface area contributed by atoms with E-state index in [0.29, 0.717) is 12.1 Å². The van der Waals surface area contributed by atoms with Crippen LogP contribution in [0.5, 0.6) is 0 Å². The van der Waals surface area contributed by atoms with E-state index in [1.54, 1.807) is 23.1 Å². The summed E-state index contributed by atoms with van der Waals surface area (Å²) in [5.41, 5.74) is 2.11. The molecule has 5 rings (SSSR count). The van der Waals surface area contributed by atoms with Gasteiger partial charge in [0.05, 0.1) is 12.2 Å². The monoisotopic (exact) mass is 410 g/mol. The molecule has 3 aliphatic rings. The molecule has 0 aromatic heterocycles. The van der Waals surface area contributed by atoms with Gasteiger partial charge in [-0.25, -0.2) is 4.39 Å². The van der Waals surface area contributed by atoms with E-state index in [1.807, 2.05) is 29.2 Å². The molecule has 2 amide bonds. The number of thioether (sulfide) groups is 1. The van der Waals surface area contributed by atoms with Gasteiger partial charge in [-0.15, -0.1) is 11.8 Å². The summed E-state index contributed by atoms with van der Waals surface area (Å²) in [6.07, 6.45) is 3.97. The molecule has 0 unspecified atom stereocenters. The summed E-state index contributed by atoms with van der Waals surface area (Å²) in [5.74, 6) is 0.397. The van der Waals surface area contributed by atoms with Gasteiger partial charge in [-0.05, 0) is 25.0 Å². The van der Waals surface area contributed by atoms with Gasteiger partial charge in [-0.2, -0.15) is 0 Å². The highest BCUT2D eigenvalue weighted by molar-refractivity contribution is 8.01. The van der Waals surface area contributed by atoms with Crippen LogP contribution in [0.1, 0.15) is 36.8 Å². The van der Waals surface area contributed by atoms with E-state index in [4.69, 9.17) is 0 Å². The van der Waals surface area contributed by atoms with Crippen molar-refractivity contribution < 1.29 is 14.0 Å². The molecule has 150 valence electrons. The first kappa shape index (κ1) is 18.7. The molecule has 2 aromatic carbocycles. The first-order valence-corrected chi connectivity index (χ1v) is 11.2. The molecule has 0 radical (unpaired) electrons. The normalized spacial score (nSPS) is 24.0. The second-order valence-electron chi connectivity index (χ2n) is 7.96. The van der Waals surface area contributed by atoms with Gasteiger partial charge in [0.1, 0.15) is 5.82 Å². The molecule has 1 saturated carbocycles. The third kappa shape index (κ3) is 2.80. The number of anilines is 1. The smallest absolute Gasteiger partial charge is 0.268 e. The fourth-order valence-corrected chi connectivity index (χ4v) is 6.40. The molecular weight excluding hydrogens is 387 g/mol. The van der Waals surface area contributed by atoms with Crippen molar-refractivity contribution in [1.29, 1.82) is 0 Å². The number of amides is 2. The number of halogens is 1. The molecule has 6 heteroatoms. The standard InChI is InChI=1S/C23H23FN2O2S/c24-19-11-5-3-9-17(19)15-25-20-12-6-4-10-18(20)23(22(25)28)26(13-14-29-23)21(27)16-7-1-2-8-16/h3-6,9-12,16H,1-2,7-8,13-15H2/t23-/m1/s1. The Balaban J connectivity index is 1.56. The fourth-order valence-electron chi connectivity index (χ4n) is 4.94. The van der Waals surface area contributed by atoms with Gasteiger partial charge in [0.15, 0.2) is 4.87 Å². The van der Waals surface area contributed by atoms with Crippen LogP contribution in [0.25, 0.3) is 0 Å². The first-order chi connectivity index (χ1) is 14.1. The number of hydrogen-bond acceptors (Lipinski definition) is 3. The fraction of sp³-hybridized carbons (Fsp3) is 0.391. The zero-order valence-corrected chi connectivity index (χ0v) is 17.0. The summed E-state index contributed by atoms with van der Waals surface area (Å²) in [7, 11) is 0. The van der Waals surface area contributed by atoms with Crippen molar-refractivity contribution in [2.75, 3.05) is 17.2 Å². The van der Waals surface area contributed by atoms with Crippen molar-refractivity contribution in [2.45, 2.75) is 37.1 Å². The molecule has 2 heterocycles. The molecule has 4 nitrogen and oxygen atoms in total. The lowest BCUT2D eigenvalue weighted by atomic mass is 10.0. The van der Waals surface area contributed by atoms with Crippen molar-refractivity contribution in [1.82, 2.24) is 4.90 Å². The Bertz CT molecular complexity index is 975. The molecule has 0 bridgehead atoms. The molecule has 2 aliphatic heterocycles. The Labute approximate surface area is 174 Å². The number of carbonyl (C=O) groups is 2. The van der Waals surface area contributed by atoms with Crippen LogP contribution in [0.15, 0.2) is 48.5 Å². The third-order valence-corrected chi connectivity index (χ3v) is 7.78. The van der Waals surface area contributed by atoms with Crippen LogP contribution in [0.4, 0.5) is 10.1 Å². The molecule has 1 saturated heterocycles. The van der Waals surface area contributed by atoms with Crippen molar-refractivity contribution in [3.63, 3.8) is 0 Å². The van der Waals surface area contributed by atoms with E-state index < -0.39 is 4.87 Å². The molecule has 1 atom stereocenters. The van der Waals surface area contributed by atoms with E-state index >= 15 is 0 Å². The topological polar surface area (TPSA) is 40.6 Å². The number of fused-ring (bicyclic) bond motifs is 2. The first-order valence-electron chi connectivity index (χ1n) is 10.2. The minimum atomic E-state index is -1.01. The average molecular weight is 411 g/mol. The van der Waals surface area contributed by atoms with Gasteiger partial charge in [-0.3, -0.25) is 9.59 Å². The molecule has 1 aliphatic carbocycles. The van der Waals surface area contributed by atoms with Crippen molar-refractivity contribution in [3.8, 4) is 0 Å². The zero-order valence-electron chi connectivity index (χ0n) is 16.1. The largest absolute Gasteiger partial charge is 0.315 e. The Morgan fingerprint density at radius 3 is 2.62 bits per heavy atom. The number of rotatable bonds is 3. The predicted octanol–water partition coefficient (Wildman–Crippen LogP) is 4.29. The van der Waals surface area contributed by atoms with E-state index in [9.17, 15) is 14.0 Å². The molecule has 2 fully saturated rings. The van der Waals surface area contributed by atoms with E-state index in [2.05, 4.69) is 0 Å². The van der Waals surface area contributed by atoms with Crippen molar-refractivity contribution in [3.05, 3.63) is 65.5 Å². The SMILES string of the molecule is O=C(C1CCCC1)N1CCS[C@]12C(=O)N(Cc1ccccc1F)c1ccccc12. The summed E-state index contributed by atoms with van der Waals surface area (Å²) in [4.78, 5) is 29.6. The maximum atomic E-state index is 14.3. The summed E-state index contributed by atoms with van der Waals surface area (Å²) < 4.78 is 14.3. The highest BCUT2D eigenvalue weighted by Gasteiger charge is 2.59. The summed E-state index contributed by atoms with van der Waals surface area (Å²) in [6.45, 7) is 0.740. The van der Waals surface area contributed by atoms with E-state index in [-0.39, 0.29) is 30.1 Å². The maximum Gasteiger partial charge on any atom is 0.268 e. The van der Waals surface area contributed by atoms with Gasteiger partial charge in [0, 0.05) is 29.3 Å². The summed E-state index contributed by atoms with van der Waals surface area (Å²) in [6, 6.07) is 14.2. The number of benzene rings is 2. The van der Waals surface area contributed by atoms with Crippen LogP contribution >= 0.6 is 11.8 Å². The van der Waals surface area contributed by atoms with Gasteiger partial charge >= 0.3 is 0 Å². The lowest BCUT2D eigenvalue weighted by molar-refractivity contribution is -0.143. The molecule has 2 aromatic rings. The summed E-state index contributed by atoms with van der Waals surface area (Å²) >= 11 is 1.54. The quantitative estimate of drug-likeness (QED) is 0.758. The minimum Gasteiger partial charge on any atom is -0.315 e. The van der Waals surface area contributed by atoms with Crippen LogP contribution in [0, 0.1) is 11.7 Å². The number of para-hydroxylation sites is 1. The molecule has 1 spiro atoms. The van der Waals surface area contributed by atoms with Crippen LogP contribution in [-0.4, -0.2) is 29.0 Å². The van der Waals surface area contributed by atoms with Crippen LogP contribution in [0.3, 0.4) is 0 Å². The zero-order chi connectivity index (χ0) is 20.0. The molecule has 29 heavy (non-hydrogen) atoms. The summed E-state index contributed by atoms with van der Waals surface area (Å²) in [5, 5.41) is 0. The Morgan fingerprint density at radius 2 is 1.83 bits per heavy atom. The number of nitrogens with zero attached hydrogens (tertiary/aromatic N) is 2. The lowest BCUT2D eigenvalue weighted by Gasteiger charge is -2.34. The predicted molar refractivity (Wildman–Crippen MR) is 112 cm³/mol. The maximum absolute atomic E-state index is 14.3. The van der Waals surface area contributed by atoms with Crippen molar-refractivity contribution in [2.24, 2.45) is 5.92 Å². The van der Waals surface area contributed by atoms with Crippen molar-refractivity contribution >= 4 is 29.3 Å². The van der Waals surface area contributed by atoms with E-state index in [1.165, 1.54) is 17.8 Å². The van der Waals surface area contributed by atoms with Gasteiger partial charge in [0.2, 0.25) is 5.91 Å². The van der Waals surface area contributed by atoms with Crippen LogP contribution in [0.2, 0.25) is 0 Å². The van der Waals surface area contributed by atoms with Gasteiger partial charge < -0.3 is 9.80 Å². The Morgan fingerprint density at radius 1 is 1.10 bits per heavy atom. The van der Waals surface area contributed by atoms with Gasteiger partial charge in [0.25, 0.3) is 5.91 Å². The highest BCUT2D eigenvalue weighted by Crippen LogP contribution is 2.55. The molecule has 0 N–H and O–H groups in total. The third-order valence-electron chi connectivity index (χ3n) is 6.36. The number of carbonyl (C=O) groups excluding carboxylic acids is 2. The second kappa shape index (κ2) is 7.17. The highest BCUT2D eigenvalue weighted by atomic mass is 32.2. The minimum absolute atomic E-state index is 0.0196. The second-order valence-corrected chi connectivity index (χ2v) is 9.25. The Kier molecular flexibility index (Phi) is 4.62. The van der Waals surface area contributed by atoms with Gasteiger partial charge in [-0.1, -0.05) is 49.2 Å². The molecular formula is C23H23FN2O2S. The van der Waals surface area contributed by atoms with E-state index in [0.717, 1.165) is 42.7 Å². The van der Waals surface area contributed by atoms with Crippen LogP contribution < -0.4 is 4.90 Å². The van der Waals surface area contributed by atoms with Crippen LogP contribution in [-0.2, 0) is 21.0 Å². The average Bonchev–Trinajstić information content (AvgIpc) is 3.47. The Hall–Kier alpha value is -2.34. The lowest BCUT2D eigenvalue weighted by Crippen LogP contribution is -2.51. The number of hydrogen-bond donors (Lipinski definition) is 0.